The average molecular weight is 376 g/mol. The van der Waals surface area contributed by atoms with Crippen LogP contribution in [0.15, 0.2) is 42.5 Å². The summed E-state index contributed by atoms with van der Waals surface area (Å²) in [5, 5.41) is 5.48. The van der Waals surface area contributed by atoms with E-state index in [-0.39, 0.29) is 18.4 Å². The van der Waals surface area contributed by atoms with Crippen molar-refractivity contribution >= 4 is 6.03 Å². The lowest BCUT2D eigenvalue weighted by Gasteiger charge is -2.29. The molecule has 27 heavy (non-hydrogen) atoms. The van der Waals surface area contributed by atoms with Crippen molar-refractivity contribution in [3.8, 4) is 11.5 Å². The van der Waals surface area contributed by atoms with Crippen LogP contribution in [0.5, 0.6) is 11.5 Å². The molecule has 146 valence electrons. The van der Waals surface area contributed by atoms with Gasteiger partial charge in [-0.15, -0.1) is 0 Å². The third-order valence-corrected chi connectivity index (χ3v) is 4.38. The second-order valence-electron chi connectivity index (χ2n) is 6.14. The van der Waals surface area contributed by atoms with Crippen molar-refractivity contribution in [2.24, 2.45) is 0 Å². The Balaban J connectivity index is 1.95. The van der Waals surface area contributed by atoms with Crippen molar-refractivity contribution in [2.45, 2.75) is 19.1 Å². The van der Waals surface area contributed by atoms with E-state index in [0.717, 1.165) is 5.56 Å². The molecule has 0 aliphatic heterocycles. The molecule has 0 aliphatic rings. The zero-order valence-electron chi connectivity index (χ0n) is 16.0. The van der Waals surface area contributed by atoms with Gasteiger partial charge >= 0.3 is 6.03 Å². The monoisotopic (exact) mass is 376 g/mol. The average Bonchev–Trinajstić information content (AvgIpc) is 2.70. The fourth-order valence-electron chi connectivity index (χ4n) is 2.65. The quantitative estimate of drug-likeness (QED) is 0.742. The number of methoxy groups -OCH3 is 3. The molecule has 0 aromatic heterocycles. The van der Waals surface area contributed by atoms with Gasteiger partial charge in [-0.2, -0.15) is 0 Å². The molecule has 2 aromatic rings. The molecular formula is C20H25FN2O4. The summed E-state index contributed by atoms with van der Waals surface area (Å²) in [5.41, 5.74) is 0.255. The van der Waals surface area contributed by atoms with E-state index >= 15 is 0 Å². The highest BCUT2D eigenvalue weighted by Crippen LogP contribution is 2.28. The van der Waals surface area contributed by atoms with Gasteiger partial charge in [-0.3, -0.25) is 0 Å². The van der Waals surface area contributed by atoms with Gasteiger partial charge < -0.3 is 24.8 Å². The molecule has 2 amide bonds. The number of benzene rings is 2. The number of hydrogen-bond donors (Lipinski definition) is 2. The summed E-state index contributed by atoms with van der Waals surface area (Å²) < 4.78 is 30.0. The fraction of sp³-hybridized carbons (Fsp3) is 0.350. The Labute approximate surface area is 158 Å². The third-order valence-electron chi connectivity index (χ3n) is 4.38. The van der Waals surface area contributed by atoms with E-state index in [2.05, 4.69) is 10.6 Å². The Bertz CT molecular complexity index is 784. The second kappa shape index (κ2) is 9.23. The Kier molecular flexibility index (Phi) is 7.01. The molecule has 2 rings (SSSR count). The van der Waals surface area contributed by atoms with Gasteiger partial charge in [-0.25, -0.2) is 9.18 Å². The van der Waals surface area contributed by atoms with Crippen LogP contribution in [0.3, 0.4) is 0 Å². The highest BCUT2D eigenvalue weighted by atomic mass is 19.1. The van der Waals surface area contributed by atoms with E-state index < -0.39 is 5.60 Å². The SMILES string of the molecule is COc1ccc(CNC(=O)NCC(C)(OC)c2ccccc2F)cc1OC. The van der Waals surface area contributed by atoms with E-state index in [1.807, 2.05) is 6.07 Å². The number of ether oxygens (including phenoxy) is 3. The number of halogens is 1. The molecule has 0 radical (unpaired) electrons. The molecule has 1 atom stereocenters. The zero-order valence-corrected chi connectivity index (χ0v) is 16.0. The van der Waals surface area contributed by atoms with Crippen LogP contribution in [-0.2, 0) is 16.9 Å². The first kappa shape index (κ1) is 20.5. The summed E-state index contributed by atoms with van der Waals surface area (Å²) in [6.45, 7) is 2.14. The minimum absolute atomic E-state index is 0.113. The van der Waals surface area contributed by atoms with Crippen LogP contribution in [0, 0.1) is 5.82 Å². The van der Waals surface area contributed by atoms with Gasteiger partial charge in [0.25, 0.3) is 0 Å². The van der Waals surface area contributed by atoms with Gasteiger partial charge in [0.05, 0.1) is 20.8 Å². The normalized spacial score (nSPS) is 12.8. The van der Waals surface area contributed by atoms with Gasteiger partial charge in [0.1, 0.15) is 11.4 Å². The number of amides is 2. The standard InChI is InChI=1S/C20H25FN2O4/c1-20(27-4,15-7-5-6-8-16(15)21)13-23-19(24)22-12-14-9-10-17(25-2)18(11-14)26-3/h5-11H,12-13H2,1-4H3,(H2,22,23,24). The van der Waals surface area contributed by atoms with Crippen LogP contribution in [0.2, 0.25) is 0 Å². The number of carbonyl (C=O) groups is 1. The van der Waals surface area contributed by atoms with Crippen molar-refractivity contribution in [2.75, 3.05) is 27.9 Å². The Morgan fingerprint density at radius 3 is 2.37 bits per heavy atom. The number of urea groups is 1. The molecule has 0 spiro atoms. The maximum atomic E-state index is 14.1. The highest BCUT2D eigenvalue weighted by molar-refractivity contribution is 5.74. The van der Waals surface area contributed by atoms with E-state index in [1.54, 1.807) is 51.5 Å². The number of nitrogens with one attached hydrogen (secondary N) is 2. The molecule has 2 aromatic carbocycles. The maximum Gasteiger partial charge on any atom is 0.315 e. The molecule has 0 bridgehead atoms. The van der Waals surface area contributed by atoms with Gasteiger partial charge in [0.2, 0.25) is 0 Å². The second-order valence-corrected chi connectivity index (χ2v) is 6.14. The minimum atomic E-state index is -0.980. The Morgan fingerprint density at radius 1 is 1.04 bits per heavy atom. The lowest BCUT2D eigenvalue weighted by Crippen LogP contribution is -2.44. The minimum Gasteiger partial charge on any atom is -0.493 e. The largest absolute Gasteiger partial charge is 0.493 e. The molecule has 0 saturated carbocycles. The summed E-state index contributed by atoms with van der Waals surface area (Å²) in [6.07, 6.45) is 0. The van der Waals surface area contributed by atoms with Crippen molar-refractivity contribution in [3.63, 3.8) is 0 Å². The van der Waals surface area contributed by atoms with Crippen molar-refractivity contribution in [1.82, 2.24) is 10.6 Å². The molecule has 2 N–H and O–H groups in total. The van der Waals surface area contributed by atoms with Gasteiger partial charge in [0.15, 0.2) is 11.5 Å². The summed E-state index contributed by atoms with van der Waals surface area (Å²) in [5.74, 6) is 0.824. The summed E-state index contributed by atoms with van der Waals surface area (Å²) in [6, 6.07) is 11.4. The van der Waals surface area contributed by atoms with E-state index in [9.17, 15) is 9.18 Å². The summed E-state index contributed by atoms with van der Waals surface area (Å²) in [4.78, 5) is 12.1. The number of hydrogen-bond acceptors (Lipinski definition) is 4. The molecule has 0 heterocycles. The smallest absolute Gasteiger partial charge is 0.315 e. The molecular weight excluding hydrogens is 351 g/mol. The van der Waals surface area contributed by atoms with E-state index in [4.69, 9.17) is 14.2 Å². The van der Waals surface area contributed by atoms with Gasteiger partial charge in [-0.05, 0) is 30.7 Å². The molecule has 7 heteroatoms. The van der Waals surface area contributed by atoms with Crippen molar-refractivity contribution in [1.29, 1.82) is 0 Å². The zero-order chi connectivity index (χ0) is 19.9. The molecule has 6 nitrogen and oxygen atoms in total. The fourth-order valence-corrected chi connectivity index (χ4v) is 2.65. The molecule has 0 saturated heterocycles. The van der Waals surface area contributed by atoms with E-state index in [0.29, 0.717) is 23.6 Å². The number of carbonyl (C=O) groups excluding carboxylic acids is 1. The van der Waals surface area contributed by atoms with Crippen LogP contribution < -0.4 is 20.1 Å². The molecule has 1 unspecified atom stereocenters. The molecule has 0 fully saturated rings. The predicted molar refractivity (Wildman–Crippen MR) is 101 cm³/mol. The van der Waals surface area contributed by atoms with Crippen LogP contribution in [0.1, 0.15) is 18.1 Å². The van der Waals surface area contributed by atoms with E-state index in [1.165, 1.54) is 13.2 Å². The van der Waals surface area contributed by atoms with Crippen LogP contribution in [0.25, 0.3) is 0 Å². The first-order valence-corrected chi connectivity index (χ1v) is 8.46. The summed E-state index contributed by atoms with van der Waals surface area (Å²) in [7, 11) is 4.59. The van der Waals surface area contributed by atoms with Crippen LogP contribution >= 0.6 is 0 Å². The Morgan fingerprint density at radius 2 is 1.74 bits per heavy atom. The van der Waals surface area contributed by atoms with Gasteiger partial charge in [0, 0.05) is 19.2 Å². The first-order valence-electron chi connectivity index (χ1n) is 8.46. The Hall–Kier alpha value is -2.80. The van der Waals surface area contributed by atoms with Crippen LogP contribution in [0.4, 0.5) is 9.18 Å². The van der Waals surface area contributed by atoms with Crippen molar-refractivity contribution in [3.05, 3.63) is 59.4 Å². The van der Waals surface area contributed by atoms with Gasteiger partial charge in [-0.1, -0.05) is 24.3 Å². The van der Waals surface area contributed by atoms with Crippen molar-refractivity contribution < 1.29 is 23.4 Å². The highest BCUT2D eigenvalue weighted by Gasteiger charge is 2.29. The summed E-state index contributed by atoms with van der Waals surface area (Å²) >= 11 is 0. The van der Waals surface area contributed by atoms with Crippen LogP contribution in [-0.4, -0.2) is 33.9 Å². The molecule has 0 aliphatic carbocycles. The maximum absolute atomic E-state index is 14.1. The topological polar surface area (TPSA) is 68.8 Å². The first-order chi connectivity index (χ1) is 12.9. The number of rotatable bonds is 8. The third kappa shape index (κ3) is 5.10. The lowest BCUT2D eigenvalue weighted by molar-refractivity contribution is 0.00203. The predicted octanol–water partition coefficient (Wildman–Crippen LogP) is 3.20. The lowest BCUT2D eigenvalue weighted by atomic mass is 9.95.